The Hall–Kier alpha value is -0.340. The van der Waals surface area contributed by atoms with E-state index in [1.807, 2.05) is 0 Å². The Balaban J connectivity index is 0.00000529. The molecule has 0 aliphatic rings. The molecule has 1 unspecified atom stereocenters. The van der Waals surface area contributed by atoms with Crippen LogP contribution >= 0.6 is 35.3 Å². The summed E-state index contributed by atoms with van der Waals surface area (Å²) in [5.41, 5.74) is 1.38. The largest absolute Gasteiger partial charge is 0.357 e. The molecule has 1 rings (SSSR count). The van der Waals surface area contributed by atoms with Gasteiger partial charge in [0.15, 0.2) is 5.96 Å². The quantitative estimate of drug-likeness (QED) is 0.223. The highest BCUT2D eigenvalue weighted by Gasteiger charge is 2.06. The summed E-state index contributed by atoms with van der Waals surface area (Å²) in [5, 5.41) is 11.1. The highest BCUT2D eigenvalue weighted by atomic mass is 127. The molecule has 0 saturated carbocycles. The van der Waals surface area contributed by atoms with E-state index in [-0.39, 0.29) is 24.0 Å². The predicted octanol–water partition coefficient (Wildman–Crippen LogP) is 4.15. The van der Waals surface area contributed by atoms with E-state index in [1.165, 1.54) is 24.9 Å². The Morgan fingerprint density at radius 1 is 1.21 bits per heavy atom. The molecule has 24 heavy (non-hydrogen) atoms. The topological polar surface area (TPSA) is 39.7 Å². The molecule has 4 nitrogen and oxygen atoms in total. The number of rotatable bonds is 11. The zero-order chi connectivity index (χ0) is 16.9. The lowest BCUT2D eigenvalue weighted by atomic mass is 10.1. The van der Waals surface area contributed by atoms with Gasteiger partial charge in [-0.1, -0.05) is 20.8 Å². The molecule has 1 heterocycles. The van der Waals surface area contributed by atoms with Gasteiger partial charge in [-0.25, -0.2) is 0 Å². The van der Waals surface area contributed by atoms with Gasteiger partial charge in [0.1, 0.15) is 0 Å². The van der Waals surface area contributed by atoms with Crippen molar-refractivity contribution in [2.24, 2.45) is 4.99 Å². The molecule has 0 aliphatic heterocycles. The zero-order valence-corrected chi connectivity index (χ0v) is 18.8. The van der Waals surface area contributed by atoms with Crippen molar-refractivity contribution in [1.82, 2.24) is 15.5 Å². The van der Waals surface area contributed by atoms with E-state index < -0.39 is 0 Å². The van der Waals surface area contributed by atoms with Gasteiger partial charge in [0.2, 0.25) is 0 Å². The summed E-state index contributed by atoms with van der Waals surface area (Å²) >= 11 is 1.75. The van der Waals surface area contributed by atoms with Crippen LogP contribution in [0, 0.1) is 0 Å². The van der Waals surface area contributed by atoms with Crippen molar-refractivity contribution in [3.63, 3.8) is 0 Å². The van der Waals surface area contributed by atoms with E-state index in [2.05, 4.69) is 60.1 Å². The van der Waals surface area contributed by atoms with E-state index in [9.17, 15) is 0 Å². The van der Waals surface area contributed by atoms with Gasteiger partial charge in [-0.3, -0.25) is 4.99 Å². The maximum Gasteiger partial charge on any atom is 0.191 e. The van der Waals surface area contributed by atoms with Crippen molar-refractivity contribution >= 4 is 41.3 Å². The summed E-state index contributed by atoms with van der Waals surface area (Å²) < 4.78 is 0. The number of hydrogen-bond donors (Lipinski definition) is 2. The van der Waals surface area contributed by atoms with Crippen molar-refractivity contribution in [3.05, 3.63) is 22.4 Å². The summed E-state index contributed by atoms with van der Waals surface area (Å²) in [6.45, 7) is 15.0. The third-order valence-electron chi connectivity index (χ3n) is 4.07. The molecule has 6 heteroatoms. The molecule has 0 bridgehead atoms. The van der Waals surface area contributed by atoms with Crippen molar-refractivity contribution < 1.29 is 0 Å². The van der Waals surface area contributed by atoms with Crippen LogP contribution in [-0.4, -0.2) is 50.1 Å². The molecule has 0 aromatic carbocycles. The van der Waals surface area contributed by atoms with E-state index in [0.717, 1.165) is 38.7 Å². The number of hydrogen-bond acceptors (Lipinski definition) is 3. The molecule has 1 aromatic heterocycles. The molecule has 0 radical (unpaired) electrons. The molecular weight excluding hydrogens is 431 g/mol. The summed E-state index contributed by atoms with van der Waals surface area (Å²) in [4.78, 5) is 7.20. The molecular formula is C18H35IN4S. The SMILES string of the molecule is CCNC(=NCC(C)c1ccsc1)NCCCCN(CC)CC.I. The number of guanidine groups is 1. The first-order chi connectivity index (χ1) is 11.2. The van der Waals surface area contributed by atoms with Crippen LogP contribution in [0.2, 0.25) is 0 Å². The third kappa shape index (κ3) is 9.84. The van der Waals surface area contributed by atoms with E-state index in [1.54, 1.807) is 11.3 Å². The summed E-state index contributed by atoms with van der Waals surface area (Å²) in [6.07, 6.45) is 2.42. The Bertz CT molecular complexity index is 419. The molecule has 0 spiro atoms. The minimum Gasteiger partial charge on any atom is -0.357 e. The third-order valence-corrected chi connectivity index (χ3v) is 4.77. The molecule has 0 saturated heterocycles. The van der Waals surface area contributed by atoms with Crippen LogP contribution < -0.4 is 10.6 Å². The second-order valence-electron chi connectivity index (χ2n) is 5.84. The highest BCUT2D eigenvalue weighted by molar-refractivity contribution is 14.0. The first-order valence-electron chi connectivity index (χ1n) is 8.97. The summed E-state index contributed by atoms with van der Waals surface area (Å²) in [6, 6.07) is 2.19. The minimum atomic E-state index is 0. The van der Waals surface area contributed by atoms with Gasteiger partial charge in [0, 0.05) is 25.6 Å². The summed E-state index contributed by atoms with van der Waals surface area (Å²) in [5.74, 6) is 1.41. The van der Waals surface area contributed by atoms with Crippen molar-refractivity contribution in [2.45, 2.75) is 46.5 Å². The second kappa shape index (κ2) is 15.0. The molecule has 2 N–H and O–H groups in total. The minimum absolute atomic E-state index is 0. The number of nitrogens with one attached hydrogen (secondary N) is 2. The lowest BCUT2D eigenvalue weighted by Crippen LogP contribution is -2.38. The molecule has 140 valence electrons. The van der Waals surface area contributed by atoms with Crippen molar-refractivity contribution in [1.29, 1.82) is 0 Å². The monoisotopic (exact) mass is 466 g/mol. The van der Waals surface area contributed by atoms with Gasteiger partial charge in [-0.15, -0.1) is 24.0 Å². The Labute approximate surface area is 169 Å². The molecule has 1 atom stereocenters. The van der Waals surface area contributed by atoms with E-state index in [4.69, 9.17) is 4.99 Å². The van der Waals surface area contributed by atoms with Gasteiger partial charge >= 0.3 is 0 Å². The number of nitrogens with zero attached hydrogens (tertiary/aromatic N) is 2. The molecule has 0 aliphatic carbocycles. The number of halogens is 1. The lowest BCUT2D eigenvalue weighted by Gasteiger charge is -2.18. The highest BCUT2D eigenvalue weighted by Crippen LogP contribution is 2.18. The first-order valence-corrected chi connectivity index (χ1v) is 9.92. The maximum atomic E-state index is 4.72. The smallest absolute Gasteiger partial charge is 0.191 e. The maximum absolute atomic E-state index is 4.72. The van der Waals surface area contributed by atoms with Crippen LogP contribution in [0.15, 0.2) is 21.8 Å². The average Bonchev–Trinajstić information content (AvgIpc) is 3.10. The van der Waals surface area contributed by atoms with Gasteiger partial charge in [0.25, 0.3) is 0 Å². The second-order valence-corrected chi connectivity index (χ2v) is 6.62. The lowest BCUT2D eigenvalue weighted by molar-refractivity contribution is 0.297. The number of unbranched alkanes of at least 4 members (excludes halogenated alkanes) is 1. The van der Waals surface area contributed by atoms with Gasteiger partial charge in [-0.05, 0) is 61.8 Å². The summed E-state index contributed by atoms with van der Waals surface area (Å²) in [7, 11) is 0. The normalized spacial score (nSPS) is 12.8. The van der Waals surface area contributed by atoms with Crippen LogP contribution in [0.1, 0.15) is 52.0 Å². The average molecular weight is 466 g/mol. The van der Waals surface area contributed by atoms with Gasteiger partial charge in [0.05, 0.1) is 0 Å². The van der Waals surface area contributed by atoms with Crippen molar-refractivity contribution in [3.8, 4) is 0 Å². The molecule has 0 amide bonds. The Morgan fingerprint density at radius 3 is 2.54 bits per heavy atom. The standard InChI is InChI=1S/C18H34N4S.HI/c1-5-19-18(20-11-8-9-12-22(6-2)7-3)21-14-16(4)17-10-13-23-15-17;/h10,13,15-16H,5-9,11-12,14H2,1-4H3,(H2,19,20,21);1H. The molecule has 0 fully saturated rings. The van der Waals surface area contributed by atoms with Crippen LogP contribution in [0.25, 0.3) is 0 Å². The van der Waals surface area contributed by atoms with Crippen LogP contribution in [0.4, 0.5) is 0 Å². The van der Waals surface area contributed by atoms with Crippen LogP contribution in [-0.2, 0) is 0 Å². The molecule has 1 aromatic rings. The first kappa shape index (κ1) is 23.7. The van der Waals surface area contributed by atoms with Crippen molar-refractivity contribution in [2.75, 3.05) is 39.3 Å². The van der Waals surface area contributed by atoms with E-state index >= 15 is 0 Å². The van der Waals surface area contributed by atoms with Gasteiger partial charge in [-0.2, -0.15) is 11.3 Å². The van der Waals surface area contributed by atoms with Crippen LogP contribution in [0.3, 0.4) is 0 Å². The zero-order valence-electron chi connectivity index (χ0n) is 15.7. The number of thiophene rings is 1. The fourth-order valence-electron chi connectivity index (χ4n) is 2.44. The fraction of sp³-hybridized carbons (Fsp3) is 0.722. The Kier molecular flexibility index (Phi) is 14.7. The van der Waals surface area contributed by atoms with Gasteiger partial charge < -0.3 is 15.5 Å². The number of aliphatic imine (C=N–C) groups is 1. The van der Waals surface area contributed by atoms with E-state index in [0.29, 0.717) is 5.92 Å². The van der Waals surface area contributed by atoms with Crippen LogP contribution in [0.5, 0.6) is 0 Å². The fourth-order valence-corrected chi connectivity index (χ4v) is 3.22. The Morgan fingerprint density at radius 2 is 1.96 bits per heavy atom. The predicted molar refractivity (Wildman–Crippen MR) is 119 cm³/mol.